The molecule has 0 spiro atoms. The van der Waals surface area contributed by atoms with Gasteiger partial charge in [0.15, 0.2) is 5.75 Å². The van der Waals surface area contributed by atoms with Gasteiger partial charge in [0.2, 0.25) is 0 Å². The number of allylic oxidation sites excluding steroid dienone is 2. The predicted octanol–water partition coefficient (Wildman–Crippen LogP) is 4.45. The Morgan fingerprint density at radius 2 is 1.86 bits per heavy atom. The molecule has 28 heavy (non-hydrogen) atoms. The SMILES string of the molecule is COc1cc(OC)c2c(c1)C1C=CCC1C(c1ccc(OC)c([N+](=O)[O-])c1)N2. The maximum atomic E-state index is 11.5. The number of hydrogen-bond acceptors (Lipinski definition) is 6. The number of fused-ring (bicyclic) bond motifs is 3. The number of hydrogen-bond donors (Lipinski definition) is 1. The zero-order valence-corrected chi connectivity index (χ0v) is 16.0. The molecule has 0 aromatic heterocycles. The third kappa shape index (κ3) is 2.83. The third-order valence-corrected chi connectivity index (χ3v) is 5.62. The van der Waals surface area contributed by atoms with E-state index in [1.165, 1.54) is 7.11 Å². The molecule has 2 aromatic carbocycles. The summed E-state index contributed by atoms with van der Waals surface area (Å²) >= 11 is 0. The molecule has 0 saturated carbocycles. The summed E-state index contributed by atoms with van der Waals surface area (Å²) in [7, 11) is 4.70. The highest BCUT2D eigenvalue weighted by Crippen LogP contribution is 2.53. The summed E-state index contributed by atoms with van der Waals surface area (Å²) in [6.45, 7) is 0. The van der Waals surface area contributed by atoms with Crippen molar-refractivity contribution in [3.05, 3.63) is 63.7 Å². The van der Waals surface area contributed by atoms with Gasteiger partial charge in [-0.1, -0.05) is 18.2 Å². The Kier molecular flexibility index (Phi) is 4.58. The minimum absolute atomic E-state index is 0.0307. The Morgan fingerprint density at radius 3 is 2.54 bits per heavy atom. The van der Waals surface area contributed by atoms with Crippen LogP contribution in [0.1, 0.15) is 29.5 Å². The van der Waals surface area contributed by atoms with Crippen LogP contribution in [0.2, 0.25) is 0 Å². The van der Waals surface area contributed by atoms with Gasteiger partial charge >= 0.3 is 5.69 Å². The molecule has 0 fully saturated rings. The largest absolute Gasteiger partial charge is 0.497 e. The first-order chi connectivity index (χ1) is 13.6. The van der Waals surface area contributed by atoms with Gasteiger partial charge in [0.1, 0.15) is 11.5 Å². The van der Waals surface area contributed by atoms with Crippen LogP contribution in [-0.2, 0) is 0 Å². The molecule has 4 rings (SSSR count). The van der Waals surface area contributed by atoms with Crippen molar-refractivity contribution >= 4 is 11.4 Å². The topological polar surface area (TPSA) is 82.9 Å². The Balaban J connectivity index is 1.82. The molecule has 1 aliphatic heterocycles. The number of nitro groups is 1. The van der Waals surface area contributed by atoms with Crippen LogP contribution < -0.4 is 19.5 Å². The van der Waals surface area contributed by atoms with Crippen molar-refractivity contribution < 1.29 is 19.1 Å². The highest BCUT2D eigenvalue weighted by molar-refractivity contribution is 5.70. The number of nitro benzene ring substituents is 1. The molecular weight excluding hydrogens is 360 g/mol. The summed E-state index contributed by atoms with van der Waals surface area (Å²) in [6, 6.07) is 8.95. The van der Waals surface area contributed by atoms with Crippen LogP contribution in [0, 0.1) is 16.0 Å². The summed E-state index contributed by atoms with van der Waals surface area (Å²) in [5.41, 5.74) is 2.85. The van der Waals surface area contributed by atoms with E-state index in [9.17, 15) is 10.1 Å². The van der Waals surface area contributed by atoms with Crippen LogP contribution in [0.5, 0.6) is 17.2 Å². The first-order valence-electron chi connectivity index (χ1n) is 9.08. The van der Waals surface area contributed by atoms with Gasteiger partial charge in [0.25, 0.3) is 0 Å². The summed E-state index contributed by atoms with van der Waals surface area (Å²) in [6.07, 6.45) is 5.26. The van der Waals surface area contributed by atoms with Crippen LogP contribution in [0.15, 0.2) is 42.5 Å². The standard InChI is InChI=1S/C21H22N2O5/c1-26-13-10-16-14-5-4-6-15(14)20(22-21(16)19(11-13)28-3)12-7-8-18(27-2)17(9-12)23(24)25/h4-5,7-11,14-15,20,22H,6H2,1-3H3. The van der Waals surface area contributed by atoms with Gasteiger partial charge in [-0.15, -0.1) is 0 Å². The Hall–Kier alpha value is -3.22. The second-order valence-corrected chi connectivity index (χ2v) is 6.96. The van der Waals surface area contributed by atoms with E-state index in [1.807, 2.05) is 18.2 Å². The van der Waals surface area contributed by atoms with E-state index in [1.54, 1.807) is 26.4 Å². The molecule has 1 N–H and O–H groups in total. The van der Waals surface area contributed by atoms with Crippen molar-refractivity contribution in [2.45, 2.75) is 18.4 Å². The lowest BCUT2D eigenvalue weighted by atomic mass is 9.76. The Morgan fingerprint density at radius 1 is 1.07 bits per heavy atom. The molecule has 7 nitrogen and oxygen atoms in total. The third-order valence-electron chi connectivity index (χ3n) is 5.62. The van der Waals surface area contributed by atoms with Gasteiger partial charge < -0.3 is 19.5 Å². The first kappa shape index (κ1) is 18.2. The lowest BCUT2D eigenvalue weighted by Gasteiger charge is -2.38. The van der Waals surface area contributed by atoms with E-state index >= 15 is 0 Å². The fourth-order valence-electron chi connectivity index (χ4n) is 4.29. The highest BCUT2D eigenvalue weighted by atomic mass is 16.6. The summed E-state index contributed by atoms with van der Waals surface area (Å²) < 4.78 is 16.2. The summed E-state index contributed by atoms with van der Waals surface area (Å²) in [5, 5.41) is 15.0. The average Bonchev–Trinajstić information content (AvgIpc) is 3.22. The molecule has 2 aliphatic rings. The Bertz CT molecular complexity index is 956. The second-order valence-electron chi connectivity index (χ2n) is 6.96. The molecule has 0 amide bonds. The second kappa shape index (κ2) is 7.07. The molecule has 7 heteroatoms. The number of benzene rings is 2. The molecule has 1 heterocycles. The van der Waals surface area contributed by atoms with E-state index in [0.717, 1.165) is 29.0 Å². The first-order valence-corrected chi connectivity index (χ1v) is 9.08. The minimum Gasteiger partial charge on any atom is -0.497 e. The van der Waals surface area contributed by atoms with Crippen molar-refractivity contribution in [3.8, 4) is 17.2 Å². The van der Waals surface area contributed by atoms with Gasteiger partial charge in [-0.2, -0.15) is 0 Å². The molecule has 2 aromatic rings. The number of nitrogens with one attached hydrogen (secondary N) is 1. The number of methoxy groups -OCH3 is 3. The number of nitrogens with zero attached hydrogens (tertiary/aromatic N) is 1. The fraction of sp³-hybridized carbons (Fsp3) is 0.333. The number of ether oxygens (including phenoxy) is 3. The number of rotatable bonds is 5. The smallest absolute Gasteiger partial charge is 0.311 e. The van der Waals surface area contributed by atoms with E-state index in [0.29, 0.717) is 5.75 Å². The molecule has 146 valence electrons. The van der Waals surface area contributed by atoms with E-state index in [-0.39, 0.29) is 29.3 Å². The van der Waals surface area contributed by atoms with Gasteiger partial charge in [-0.25, -0.2) is 0 Å². The maximum absolute atomic E-state index is 11.5. The highest BCUT2D eigenvalue weighted by Gasteiger charge is 2.40. The van der Waals surface area contributed by atoms with Crippen molar-refractivity contribution in [1.29, 1.82) is 0 Å². The van der Waals surface area contributed by atoms with Crippen LogP contribution >= 0.6 is 0 Å². The average molecular weight is 382 g/mol. The summed E-state index contributed by atoms with van der Waals surface area (Å²) in [4.78, 5) is 11.1. The van der Waals surface area contributed by atoms with E-state index in [2.05, 4.69) is 17.5 Å². The molecule has 0 saturated heterocycles. The monoisotopic (exact) mass is 382 g/mol. The van der Waals surface area contributed by atoms with Crippen LogP contribution in [0.4, 0.5) is 11.4 Å². The molecule has 0 radical (unpaired) electrons. The maximum Gasteiger partial charge on any atom is 0.311 e. The molecule has 0 bridgehead atoms. The van der Waals surface area contributed by atoms with Crippen LogP contribution in [0.25, 0.3) is 0 Å². The summed E-state index contributed by atoms with van der Waals surface area (Å²) in [5.74, 6) is 2.13. The molecule has 3 unspecified atom stereocenters. The minimum atomic E-state index is -0.408. The van der Waals surface area contributed by atoms with Gasteiger partial charge in [-0.3, -0.25) is 10.1 Å². The normalized spacial score (nSPS) is 22.0. The van der Waals surface area contributed by atoms with Crippen LogP contribution in [0.3, 0.4) is 0 Å². The lowest BCUT2D eigenvalue weighted by molar-refractivity contribution is -0.385. The fourth-order valence-corrected chi connectivity index (χ4v) is 4.29. The zero-order valence-electron chi connectivity index (χ0n) is 16.0. The van der Waals surface area contributed by atoms with Crippen molar-refractivity contribution in [2.75, 3.05) is 26.6 Å². The Labute approximate surface area is 163 Å². The van der Waals surface area contributed by atoms with Crippen LogP contribution in [-0.4, -0.2) is 26.3 Å². The van der Waals surface area contributed by atoms with E-state index < -0.39 is 4.92 Å². The van der Waals surface area contributed by atoms with Gasteiger partial charge in [-0.05, 0) is 35.6 Å². The van der Waals surface area contributed by atoms with Gasteiger partial charge in [0, 0.05) is 18.1 Å². The van der Waals surface area contributed by atoms with E-state index in [4.69, 9.17) is 14.2 Å². The van der Waals surface area contributed by atoms with Crippen molar-refractivity contribution in [3.63, 3.8) is 0 Å². The zero-order chi connectivity index (χ0) is 19.8. The quantitative estimate of drug-likeness (QED) is 0.467. The number of anilines is 1. The van der Waals surface area contributed by atoms with Crippen molar-refractivity contribution in [1.82, 2.24) is 0 Å². The molecule has 3 atom stereocenters. The predicted molar refractivity (Wildman–Crippen MR) is 106 cm³/mol. The van der Waals surface area contributed by atoms with Crippen molar-refractivity contribution in [2.24, 2.45) is 5.92 Å². The molecular formula is C21H22N2O5. The van der Waals surface area contributed by atoms with Gasteiger partial charge in [0.05, 0.1) is 38.0 Å². The lowest BCUT2D eigenvalue weighted by Crippen LogP contribution is -2.29. The molecule has 1 aliphatic carbocycles.